The molecule has 0 aliphatic carbocycles. The Labute approximate surface area is 120 Å². The summed E-state index contributed by atoms with van der Waals surface area (Å²) in [6.45, 7) is 6.11. The topological polar surface area (TPSA) is 72.2 Å². The van der Waals surface area contributed by atoms with E-state index in [0.29, 0.717) is 19.4 Å². The molecule has 0 bridgehead atoms. The second-order valence-corrected chi connectivity index (χ2v) is 6.90. The fourth-order valence-electron chi connectivity index (χ4n) is 1.66. The number of nitrogens with two attached hydrogens (primary N) is 1. The lowest BCUT2D eigenvalue weighted by molar-refractivity contribution is 0.388. The van der Waals surface area contributed by atoms with Crippen LogP contribution in [0.2, 0.25) is 5.02 Å². The van der Waals surface area contributed by atoms with Gasteiger partial charge in [-0.2, -0.15) is 0 Å². The Balaban J connectivity index is 3.14. The molecule has 0 atom stereocenters. The summed E-state index contributed by atoms with van der Waals surface area (Å²) in [4.78, 5) is 0.0968. The number of hydrogen-bond donors (Lipinski definition) is 2. The van der Waals surface area contributed by atoms with Crippen LogP contribution in [-0.4, -0.2) is 14.0 Å². The van der Waals surface area contributed by atoms with Gasteiger partial charge in [-0.3, -0.25) is 0 Å². The highest BCUT2D eigenvalue weighted by Crippen LogP contribution is 2.25. The first-order chi connectivity index (χ1) is 8.78. The zero-order chi connectivity index (χ0) is 14.7. The van der Waals surface area contributed by atoms with Crippen LogP contribution >= 0.6 is 11.6 Å². The molecule has 0 radical (unpaired) electrons. The Morgan fingerprint density at radius 3 is 2.32 bits per heavy atom. The molecule has 0 saturated heterocycles. The zero-order valence-corrected chi connectivity index (χ0v) is 13.1. The molecule has 0 heterocycles. The summed E-state index contributed by atoms with van der Waals surface area (Å²) in [5.74, 6) is 0. The second kappa shape index (κ2) is 6.22. The van der Waals surface area contributed by atoms with E-state index in [1.807, 2.05) is 20.8 Å². The van der Waals surface area contributed by atoms with Gasteiger partial charge in [0.15, 0.2) is 0 Å². The molecule has 0 aliphatic heterocycles. The van der Waals surface area contributed by atoms with Gasteiger partial charge in [-0.1, -0.05) is 31.5 Å². The lowest BCUT2D eigenvalue weighted by Gasteiger charge is -2.28. The molecule has 0 aromatic heterocycles. The summed E-state index contributed by atoms with van der Waals surface area (Å²) in [6, 6.07) is 4.76. The van der Waals surface area contributed by atoms with E-state index >= 15 is 0 Å². The van der Waals surface area contributed by atoms with Crippen LogP contribution in [0, 0.1) is 0 Å². The van der Waals surface area contributed by atoms with Crippen LogP contribution in [0.15, 0.2) is 23.1 Å². The Kier molecular flexibility index (Phi) is 5.38. The molecule has 0 aliphatic rings. The third-order valence-electron chi connectivity index (χ3n) is 3.46. The van der Waals surface area contributed by atoms with Gasteiger partial charge in [0.1, 0.15) is 4.90 Å². The van der Waals surface area contributed by atoms with Crippen LogP contribution in [0.4, 0.5) is 0 Å². The Morgan fingerprint density at radius 1 is 1.32 bits per heavy atom. The highest BCUT2D eigenvalue weighted by Gasteiger charge is 2.28. The summed E-state index contributed by atoms with van der Waals surface area (Å²) in [6.07, 6.45) is 1.42. The van der Waals surface area contributed by atoms with Gasteiger partial charge in [0, 0.05) is 12.1 Å². The van der Waals surface area contributed by atoms with Crippen molar-refractivity contribution in [1.29, 1.82) is 0 Å². The van der Waals surface area contributed by atoms with Gasteiger partial charge in [0.05, 0.1) is 5.02 Å². The van der Waals surface area contributed by atoms with Gasteiger partial charge < -0.3 is 5.73 Å². The molecule has 0 amide bonds. The third kappa shape index (κ3) is 3.92. The van der Waals surface area contributed by atoms with Crippen molar-refractivity contribution < 1.29 is 8.42 Å². The van der Waals surface area contributed by atoms with Gasteiger partial charge in [0.25, 0.3) is 0 Å². The van der Waals surface area contributed by atoms with Gasteiger partial charge in [0.2, 0.25) is 10.0 Å². The van der Waals surface area contributed by atoms with Crippen molar-refractivity contribution in [2.24, 2.45) is 5.73 Å². The average molecular weight is 305 g/mol. The lowest BCUT2D eigenvalue weighted by atomic mass is 9.98. The highest BCUT2D eigenvalue weighted by atomic mass is 35.5. The second-order valence-electron chi connectivity index (χ2n) is 4.84. The molecule has 0 fully saturated rings. The molecule has 1 aromatic carbocycles. The summed E-state index contributed by atoms with van der Waals surface area (Å²) in [5.41, 5.74) is 5.84. The third-order valence-corrected chi connectivity index (χ3v) is 5.58. The van der Waals surface area contributed by atoms with E-state index in [-0.39, 0.29) is 9.92 Å². The van der Waals surface area contributed by atoms with E-state index in [2.05, 4.69) is 4.72 Å². The predicted octanol–water partition coefficient (Wildman–Crippen LogP) is 2.66. The molecule has 6 heteroatoms. The largest absolute Gasteiger partial charge is 0.326 e. The molecule has 108 valence electrons. The van der Waals surface area contributed by atoms with Gasteiger partial charge in [-0.25, -0.2) is 13.1 Å². The van der Waals surface area contributed by atoms with Crippen molar-refractivity contribution in [3.8, 4) is 0 Å². The number of sulfonamides is 1. The van der Waals surface area contributed by atoms with E-state index in [4.69, 9.17) is 17.3 Å². The van der Waals surface area contributed by atoms with Crippen molar-refractivity contribution in [2.45, 2.75) is 50.6 Å². The van der Waals surface area contributed by atoms with Crippen LogP contribution in [0.5, 0.6) is 0 Å². The summed E-state index contributed by atoms with van der Waals surface area (Å²) in [5, 5.41) is 0.199. The minimum Gasteiger partial charge on any atom is -0.326 e. The van der Waals surface area contributed by atoms with Crippen LogP contribution in [0.1, 0.15) is 39.2 Å². The van der Waals surface area contributed by atoms with Gasteiger partial charge in [-0.15, -0.1) is 0 Å². The smallest absolute Gasteiger partial charge is 0.242 e. The summed E-state index contributed by atoms with van der Waals surface area (Å²) >= 11 is 6.03. The van der Waals surface area contributed by atoms with Crippen LogP contribution in [0.3, 0.4) is 0 Å². The molecule has 0 spiro atoms. The van der Waals surface area contributed by atoms with Gasteiger partial charge >= 0.3 is 0 Å². The zero-order valence-electron chi connectivity index (χ0n) is 11.5. The fourth-order valence-corrected chi connectivity index (χ4v) is 3.78. The van der Waals surface area contributed by atoms with Crippen molar-refractivity contribution in [1.82, 2.24) is 4.72 Å². The minimum atomic E-state index is -3.62. The van der Waals surface area contributed by atoms with Crippen molar-refractivity contribution in [3.63, 3.8) is 0 Å². The highest BCUT2D eigenvalue weighted by molar-refractivity contribution is 7.89. The Bertz CT molecular complexity index is 540. The summed E-state index contributed by atoms with van der Waals surface area (Å²) in [7, 11) is -3.62. The first-order valence-corrected chi connectivity index (χ1v) is 8.16. The number of rotatable bonds is 6. The molecular formula is C13H21ClN2O2S. The maximum atomic E-state index is 12.4. The first-order valence-electron chi connectivity index (χ1n) is 6.30. The van der Waals surface area contributed by atoms with Crippen LogP contribution < -0.4 is 10.5 Å². The van der Waals surface area contributed by atoms with E-state index in [0.717, 1.165) is 5.56 Å². The van der Waals surface area contributed by atoms with Gasteiger partial charge in [-0.05, 0) is 37.5 Å². The van der Waals surface area contributed by atoms with Crippen molar-refractivity contribution >= 4 is 21.6 Å². The maximum Gasteiger partial charge on any atom is 0.242 e. The standard InChI is InChI=1S/C13H21ClN2O2S/c1-4-13(3,5-2)16-19(17,18)12-7-6-10(9-15)8-11(12)14/h6-8,16H,4-5,9,15H2,1-3H3. The number of benzene rings is 1. The fraction of sp³-hybridized carbons (Fsp3) is 0.538. The summed E-state index contributed by atoms with van der Waals surface area (Å²) < 4.78 is 27.4. The Hall–Kier alpha value is -0.620. The van der Waals surface area contributed by atoms with Crippen LogP contribution in [0.25, 0.3) is 0 Å². The molecule has 1 aromatic rings. The number of hydrogen-bond acceptors (Lipinski definition) is 3. The molecule has 3 N–H and O–H groups in total. The molecule has 0 unspecified atom stereocenters. The SMILES string of the molecule is CCC(C)(CC)NS(=O)(=O)c1ccc(CN)cc1Cl. The molecule has 1 rings (SSSR count). The van der Waals surface area contributed by atoms with E-state index in [1.165, 1.54) is 6.07 Å². The average Bonchev–Trinajstić information content (AvgIpc) is 2.37. The number of halogens is 1. The lowest BCUT2D eigenvalue weighted by Crippen LogP contribution is -2.44. The molecule has 0 saturated carbocycles. The molecule has 19 heavy (non-hydrogen) atoms. The Morgan fingerprint density at radius 2 is 1.89 bits per heavy atom. The van der Waals surface area contributed by atoms with E-state index in [1.54, 1.807) is 12.1 Å². The minimum absolute atomic E-state index is 0.0968. The van der Waals surface area contributed by atoms with Crippen LogP contribution in [-0.2, 0) is 16.6 Å². The first kappa shape index (κ1) is 16.4. The predicted molar refractivity (Wildman–Crippen MR) is 78.7 cm³/mol. The van der Waals surface area contributed by atoms with E-state index in [9.17, 15) is 8.42 Å². The quantitative estimate of drug-likeness (QED) is 0.848. The van der Waals surface area contributed by atoms with E-state index < -0.39 is 15.6 Å². The monoisotopic (exact) mass is 304 g/mol. The number of nitrogens with one attached hydrogen (secondary N) is 1. The van der Waals surface area contributed by atoms with Crippen molar-refractivity contribution in [3.05, 3.63) is 28.8 Å². The normalized spacial score (nSPS) is 12.7. The molecule has 4 nitrogen and oxygen atoms in total. The van der Waals surface area contributed by atoms with Crippen molar-refractivity contribution in [2.75, 3.05) is 0 Å². The maximum absolute atomic E-state index is 12.4. The molecular weight excluding hydrogens is 284 g/mol.